The van der Waals surface area contributed by atoms with E-state index in [-0.39, 0.29) is 12.1 Å². The molecule has 0 amide bonds. The van der Waals surface area contributed by atoms with E-state index < -0.39 is 0 Å². The molecule has 3 heterocycles. The summed E-state index contributed by atoms with van der Waals surface area (Å²) in [6, 6.07) is 11.3. The second-order valence-corrected chi connectivity index (χ2v) is 6.52. The minimum Gasteiger partial charge on any atom is -0.459 e. The maximum absolute atomic E-state index is 12.5. The first-order valence-electron chi connectivity index (χ1n) is 8.78. The van der Waals surface area contributed by atoms with E-state index in [1.807, 2.05) is 37.3 Å². The van der Waals surface area contributed by atoms with Gasteiger partial charge in [0.1, 0.15) is 18.2 Å². The average Bonchev–Trinajstić information content (AvgIpc) is 2.69. The molecule has 1 aliphatic heterocycles. The van der Waals surface area contributed by atoms with E-state index in [0.29, 0.717) is 5.56 Å². The molecule has 0 aliphatic carbocycles. The molecule has 0 saturated carbocycles. The molecule has 6 heteroatoms. The van der Waals surface area contributed by atoms with Gasteiger partial charge in [0.15, 0.2) is 0 Å². The third kappa shape index (κ3) is 3.49. The van der Waals surface area contributed by atoms with Gasteiger partial charge in [0.05, 0.1) is 11.1 Å². The van der Waals surface area contributed by atoms with Crippen molar-refractivity contribution in [2.24, 2.45) is 0 Å². The van der Waals surface area contributed by atoms with Gasteiger partial charge in [-0.05, 0) is 37.3 Å². The molecule has 1 saturated heterocycles. The molecule has 4 rings (SSSR count). The number of esters is 1. The maximum Gasteiger partial charge on any atom is 0.338 e. The largest absolute Gasteiger partial charge is 0.459 e. The molecule has 0 bridgehead atoms. The Kier molecular flexibility index (Phi) is 4.48. The Hall–Kier alpha value is -3.02. The van der Waals surface area contributed by atoms with E-state index in [1.54, 1.807) is 18.6 Å². The molecule has 0 radical (unpaired) electrons. The molecule has 1 fully saturated rings. The predicted octanol–water partition coefficient (Wildman–Crippen LogP) is 3.16. The average molecular weight is 348 g/mol. The number of carbonyl (C=O) groups is 1. The number of carbonyl (C=O) groups excluding carboxylic acids is 1. The zero-order chi connectivity index (χ0) is 17.9. The lowest BCUT2D eigenvalue weighted by atomic mass is 10.1. The molecule has 3 aromatic rings. The number of ether oxygens (including phenoxy) is 1. The molecule has 1 aromatic carbocycles. The summed E-state index contributed by atoms with van der Waals surface area (Å²) in [5, 5.41) is 0.948. The van der Waals surface area contributed by atoms with Gasteiger partial charge < -0.3 is 9.64 Å². The molecule has 0 unspecified atom stereocenters. The summed E-state index contributed by atoms with van der Waals surface area (Å²) >= 11 is 0. The molecule has 0 atom stereocenters. The monoisotopic (exact) mass is 348 g/mol. The number of rotatable bonds is 3. The van der Waals surface area contributed by atoms with Crippen molar-refractivity contribution in [3.8, 4) is 0 Å². The van der Waals surface area contributed by atoms with Crippen LogP contribution in [0.2, 0.25) is 0 Å². The van der Waals surface area contributed by atoms with Crippen LogP contribution < -0.4 is 4.90 Å². The normalized spacial score (nSPS) is 15.2. The number of hydrogen-bond donors (Lipinski definition) is 0. The second-order valence-electron chi connectivity index (χ2n) is 6.52. The third-order valence-electron chi connectivity index (χ3n) is 4.67. The molecular weight excluding hydrogens is 328 g/mol. The van der Waals surface area contributed by atoms with Crippen LogP contribution in [0.15, 0.2) is 48.9 Å². The smallest absolute Gasteiger partial charge is 0.338 e. The number of nitrogens with zero attached hydrogens (tertiary/aromatic N) is 4. The summed E-state index contributed by atoms with van der Waals surface area (Å²) in [6.07, 6.45) is 4.82. The number of piperidine rings is 1. The van der Waals surface area contributed by atoms with Gasteiger partial charge in [-0.3, -0.25) is 4.98 Å². The van der Waals surface area contributed by atoms with Crippen LogP contribution in [-0.4, -0.2) is 40.1 Å². The molecule has 0 N–H and O–H groups in total. The molecule has 0 spiro atoms. The van der Waals surface area contributed by atoms with Crippen molar-refractivity contribution in [2.75, 3.05) is 18.0 Å². The Morgan fingerprint density at radius 1 is 1.15 bits per heavy atom. The van der Waals surface area contributed by atoms with E-state index in [2.05, 4.69) is 19.9 Å². The zero-order valence-electron chi connectivity index (χ0n) is 14.6. The Labute approximate surface area is 151 Å². The lowest BCUT2D eigenvalue weighted by molar-refractivity contribution is 0.0245. The van der Waals surface area contributed by atoms with Crippen molar-refractivity contribution in [3.63, 3.8) is 0 Å². The second kappa shape index (κ2) is 7.07. The van der Waals surface area contributed by atoms with Crippen LogP contribution in [0.4, 0.5) is 5.82 Å². The summed E-state index contributed by atoms with van der Waals surface area (Å²) in [6.45, 7) is 3.58. The lowest BCUT2D eigenvalue weighted by Crippen LogP contribution is -2.38. The minimum absolute atomic E-state index is 0.0626. The highest BCUT2D eigenvalue weighted by atomic mass is 16.5. The quantitative estimate of drug-likeness (QED) is 0.677. The van der Waals surface area contributed by atoms with Crippen molar-refractivity contribution in [1.82, 2.24) is 15.0 Å². The summed E-state index contributed by atoms with van der Waals surface area (Å²) in [5.74, 6) is 0.648. The predicted molar refractivity (Wildman–Crippen MR) is 99.2 cm³/mol. The Bertz CT molecular complexity index is 922. The standard InChI is InChI=1S/C20H20N4O2/c1-14-2-3-15-12-16(4-5-18(15)23-14)20(25)26-17-7-10-24(11-8-17)19-6-9-21-13-22-19/h2-6,9,12-13,17H,7-8,10-11H2,1H3. The van der Waals surface area contributed by atoms with Crippen LogP contribution in [0, 0.1) is 6.92 Å². The number of aryl methyl sites for hydroxylation is 1. The fourth-order valence-corrected chi connectivity index (χ4v) is 3.25. The van der Waals surface area contributed by atoms with E-state index >= 15 is 0 Å². The van der Waals surface area contributed by atoms with Crippen LogP contribution in [-0.2, 0) is 4.74 Å². The van der Waals surface area contributed by atoms with Gasteiger partial charge in [-0.2, -0.15) is 0 Å². The van der Waals surface area contributed by atoms with E-state index in [0.717, 1.165) is 48.3 Å². The number of benzene rings is 1. The van der Waals surface area contributed by atoms with Gasteiger partial charge in [-0.15, -0.1) is 0 Å². The fourth-order valence-electron chi connectivity index (χ4n) is 3.25. The highest BCUT2D eigenvalue weighted by Gasteiger charge is 2.23. The first-order chi connectivity index (χ1) is 12.7. The van der Waals surface area contributed by atoms with Crippen LogP contribution in [0.5, 0.6) is 0 Å². The highest BCUT2D eigenvalue weighted by Crippen LogP contribution is 2.21. The number of fused-ring (bicyclic) bond motifs is 1. The van der Waals surface area contributed by atoms with Crippen LogP contribution in [0.1, 0.15) is 28.9 Å². The lowest BCUT2D eigenvalue weighted by Gasteiger charge is -2.32. The number of hydrogen-bond acceptors (Lipinski definition) is 6. The van der Waals surface area contributed by atoms with Crippen molar-refractivity contribution in [1.29, 1.82) is 0 Å². The van der Waals surface area contributed by atoms with Crippen molar-refractivity contribution >= 4 is 22.7 Å². The van der Waals surface area contributed by atoms with Gasteiger partial charge in [0, 0.05) is 43.2 Å². The van der Waals surface area contributed by atoms with Gasteiger partial charge in [-0.1, -0.05) is 6.07 Å². The Morgan fingerprint density at radius 3 is 2.77 bits per heavy atom. The summed E-state index contributed by atoms with van der Waals surface area (Å²) in [4.78, 5) is 27.4. The molecular formula is C20H20N4O2. The first kappa shape index (κ1) is 16.4. The number of pyridine rings is 1. The van der Waals surface area contributed by atoms with E-state index in [4.69, 9.17) is 4.74 Å². The van der Waals surface area contributed by atoms with Gasteiger partial charge in [-0.25, -0.2) is 14.8 Å². The molecule has 1 aliphatic rings. The number of aromatic nitrogens is 3. The van der Waals surface area contributed by atoms with Crippen LogP contribution in [0.3, 0.4) is 0 Å². The van der Waals surface area contributed by atoms with Gasteiger partial charge in [0.25, 0.3) is 0 Å². The Balaban J connectivity index is 1.39. The fraction of sp³-hybridized carbons (Fsp3) is 0.300. The van der Waals surface area contributed by atoms with Crippen LogP contribution in [0.25, 0.3) is 10.9 Å². The summed E-state index contributed by atoms with van der Waals surface area (Å²) in [5.41, 5.74) is 2.42. The summed E-state index contributed by atoms with van der Waals surface area (Å²) in [7, 11) is 0. The van der Waals surface area contributed by atoms with Gasteiger partial charge in [0.2, 0.25) is 0 Å². The van der Waals surface area contributed by atoms with E-state index in [1.165, 1.54) is 0 Å². The molecule has 2 aromatic heterocycles. The van der Waals surface area contributed by atoms with Crippen LogP contribution >= 0.6 is 0 Å². The van der Waals surface area contributed by atoms with Gasteiger partial charge >= 0.3 is 5.97 Å². The SMILES string of the molecule is Cc1ccc2cc(C(=O)OC3CCN(c4ccncn4)CC3)ccc2n1. The molecule has 132 valence electrons. The molecule has 6 nitrogen and oxygen atoms in total. The van der Waals surface area contributed by atoms with Crippen molar-refractivity contribution in [3.05, 3.63) is 60.2 Å². The minimum atomic E-state index is -0.270. The summed E-state index contributed by atoms with van der Waals surface area (Å²) < 4.78 is 5.72. The highest BCUT2D eigenvalue weighted by molar-refractivity contribution is 5.94. The van der Waals surface area contributed by atoms with Crippen molar-refractivity contribution in [2.45, 2.75) is 25.9 Å². The maximum atomic E-state index is 12.5. The third-order valence-corrected chi connectivity index (χ3v) is 4.67. The van der Waals surface area contributed by atoms with E-state index in [9.17, 15) is 4.79 Å². The first-order valence-corrected chi connectivity index (χ1v) is 8.78. The Morgan fingerprint density at radius 2 is 2.00 bits per heavy atom. The topological polar surface area (TPSA) is 68.2 Å². The number of anilines is 1. The zero-order valence-corrected chi connectivity index (χ0v) is 14.6. The van der Waals surface area contributed by atoms with Crippen molar-refractivity contribution < 1.29 is 9.53 Å². The molecule has 26 heavy (non-hydrogen) atoms.